The number of esters is 1. The first-order valence-corrected chi connectivity index (χ1v) is 9.41. The molecule has 0 saturated carbocycles. The number of rotatable bonds is 11. The highest BCUT2D eigenvalue weighted by molar-refractivity contribution is 5.66. The first-order chi connectivity index (χ1) is 14.4. The van der Waals surface area contributed by atoms with E-state index in [4.69, 9.17) is 14.2 Å². The van der Waals surface area contributed by atoms with Gasteiger partial charge in [0.1, 0.15) is 11.9 Å². The smallest absolute Gasteiger partial charge is 0.303 e. The first-order valence-electron chi connectivity index (χ1n) is 9.41. The lowest BCUT2D eigenvalue weighted by Gasteiger charge is -2.16. The van der Waals surface area contributed by atoms with E-state index in [9.17, 15) is 20.1 Å². The highest BCUT2D eigenvalue weighted by Crippen LogP contribution is 2.25. The molecule has 3 N–H and O–H groups in total. The van der Waals surface area contributed by atoms with Crippen molar-refractivity contribution in [2.24, 2.45) is 0 Å². The number of ether oxygens (including phenoxy) is 3. The number of aromatic hydroxyl groups is 3. The molecule has 0 heterocycles. The molecule has 160 valence electrons. The fraction of sp³-hybridized carbons (Fsp3) is 0.261. The minimum atomic E-state index is -0.532. The predicted octanol–water partition coefficient (Wildman–Crippen LogP) is 3.49. The molecule has 0 aliphatic rings. The largest absolute Gasteiger partial charge is 0.508 e. The number of carbonyl (C=O) groups excluding carboxylic acids is 1. The molecule has 7 nitrogen and oxygen atoms in total. The Kier molecular flexibility index (Phi) is 9.44. The molecule has 2 aromatic carbocycles. The van der Waals surface area contributed by atoms with Crippen LogP contribution in [0.4, 0.5) is 0 Å². The summed E-state index contributed by atoms with van der Waals surface area (Å²) in [4.78, 5) is 11.3. The van der Waals surface area contributed by atoms with Gasteiger partial charge < -0.3 is 29.5 Å². The van der Waals surface area contributed by atoms with Crippen molar-refractivity contribution >= 4 is 18.1 Å². The second-order valence-electron chi connectivity index (χ2n) is 6.45. The molecule has 0 aromatic heterocycles. The Morgan fingerprint density at radius 2 is 1.43 bits per heavy atom. The van der Waals surface area contributed by atoms with Crippen molar-refractivity contribution in [3.8, 4) is 17.2 Å². The van der Waals surface area contributed by atoms with Crippen LogP contribution in [0.1, 0.15) is 18.1 Å². The van der Waals surface area contributed by atoms with Crippen molar-refractivity contribution in [1.29, 1.82) is 0 Å². The quantitative estimate of drug-likeness (QED) is 0.294. The molecular weight excluding hydrogens is 388 g/mol. The molecule has 0 saturated heterocycles. The maximum atomic E-state index is 11.3. The summed E-state index contributed by atoms with van der Waals surface area (Å²) in [6.45, 7) is 2.30. The van der Waals surface area contributed by atoms with E-state index in [1.165, 1.54) is 19.1 Å². The molecule has 1 unspecified atom stereocenters. The molecule has 0 fully saturated rings. The average Bonchev–Trinajstić information content (AvgIpc) is 2.71. The van der Waals surface area contributed by atoms with E-state index in [2.05, 4.69) is 0 Å². The van der Waals surface area contributed by atoms with Crippen molar-refractivity contribution in [2.45, 2.75) is 13.0 Å². The number of carbonyl (C=O) groups is 1. The monoisotopic (exact) mass is 414 g/mol. The Morgan fingerprint density at radius 1 is 0.867 bits per heavy atom. The summed E-state index contributed by atoms with van der Waals surface area (Å²) in [7, 11) is 0. The molecule has 2 aromatic rings. The second-order valence-corrected chi connectivity index (χ2v) is 6.45. The molecule has 0 spiro atoms. The van der Waals surface area contributed by atoms with Crippen LogP contribution in [0.25, 0.3) is 12.2 Å². The van der Waals surface area contributed by atoms with Gasteiger partial charge in [-0.1, -0.05) is 42.5 Å². The number of benzene rings is 2. The Hall–Kier alpha value is -3.29. The lowest BCUT2D eigenvalue weighted by atomic mass is 10.2. The summed E-state index contributed by atoms with van der Waals surface area (Å²) in [6.07, 6.45) is 6.65. The van der Waals surface area contributed by atoms with E-state index >= 15 is 0 Å². The molecule has 0 bridgehead atoms. The highest BCUT2D eigenvalue weighted by Gasteiger charge is 2.12. The average molecular weight is 414 g/mol. The normalized spacial score (nSPS) is 12.4. The molecule has 30 heavy (non-hydrogen) atoms. The van der Waals surface area contributed by atoms with Crippen LogP contribution in [0.15, 0.2) is 54.6 Å². The zero-order chi connectivity index (χ0) is 21.8. The third-order valence-electron chi connectivity index (χ3n) is 3.88. The lowest BCUT2D eigenvalue weighted by molar-refractivity contribution is -0.152. The van der Waals surface area contributed by atoms with Crippen molar-refractivity contribution in [3.05, 3.63) is 65.7 Å². The van der Waals surface area contributed by atoms with Crippen molar-refractivity contribution in [3.63, 3.8) is 0 Å². The number of hydrogen-bond acceptors (Lipinski definition) is 7. The van der Waals surface area contributed by atoms with Crippen LogP contribution in [-0.4, -0.2) is 53.8 Å². The van der Waals surface area contributed by atoms with Crippen LogP contribution in [0.3, 0.4) is 0 Å². The van der Waals surface area contributed by atoms with Crippen molar-refractivity contribution < 1.29 is 34.3 Å². The molecule has 0 aliphatic carbocycles. The maximum Gasteiger partial charge on any atom is 0.303 e. The van der Waals surface area contributed by atoms with E-state index in [-0.39, 0.29) is 37.1 Å². The van der Waals surface area contributed by atoms with Crippen LogP contribution in [0, 0.1) is 0 Å². The van der Waals surface area contributed by atoms with Crippen LogP contribution in [0.2, 0.25) is 0 Å². The second kappa shape index (κ2) is 12.3. The van der Waals surface area contributed by atoms with Gasteiger partial charge in [-0.25, -0.2) is 0 Å². The van der Waals surface area contributed by atoms with E-state index in [1.807, 2.05) is 12.2 Å². The standard InChI is InChI=1S/C23H26O7/c1-17(24)30-21(15-28-12-2-4-18-6-9-20(25)10-7-18)16-29-13-3-5-19-8-11-22(26)23(27)14-19/h2-11,14,21,25-27H,12-13,15-16H2,1H3/b4-2+,5-3+. The number of phenolic OH excluding ortho intramolecular Hbond substituents is 3. The Bertz CT molecular complexity index is 856. The Labute approximate surface area is 175 Å². The molecule has 0 aliphatic heterocycles. The predicted molar refractivity (Wildman–Crippen MR) is 113 cm³/mol. The van der Waals surface area contributed by atoms with Crippen LogP contribution in [0.5, 0.6) is 17.2 Å². The van der Waals surface area contributed by atoms with Gasteiger partial charge in [0.15, 0.2) is 11.5 Å². The zero-order valence-electron chi connectivity index (χ0n) is 16.7. The topological polar surface area (TPSA) is 105 Å². The molecule has 2 rings (SSSR count). The van der Waals surface area contributed by atoms with Gasteiger partial charge in [0.2, 0.25) is 0 Å². The van der Waals surface area contributed by atoms with Gasteiger partial charge >= 0.3 is 5.97 Å². The van der Waals surface area contributed by atoms with Gasteiger partial charge in [-0.05, 0) is 35.4 Å². The van der Waals surface area contributed by atoms with Gasteiger partial charge in [0, 0.05) is 6.92 Å². The lowest BCUT2D eigenvalue weighted by Crippen LogP contribution is -2.27. The van der Waals surface area contributed by atoms with E-state index < -0.39 is 12.1 Å². The molecule has 0 radical (unpaired) electrons. The third kappa shape index (κ3) is 8.81. The summed E-state index contributed by atoms with van der Waals surface area (Å²) in [6, 6.07) is 11.3. The number of phenols is 3. The maximum absolute atomic E-state index is 11.3. The minimum absolute atomic E-state index is 0.173. The highest BCUT2D eigenvalue weighted by atomic mass is 16.6. The molecule has 7 heteroatoms. The zero-order valence-corrected chi connectivity index (χ0v) is 16.7. The Balaban J connectivity index is 1.71. The fourth-order valence-corrected chi connectivity index (χ4v) is 2.48. The van der Waals surface area contributed by atoms with Gasteiger partial charge in [0.05, 0.1) is 26.4 Å². The van der Waals surface area contributed by atoms with Crippen molar-refractivity contribution in [1.82, 2.24) is 0 Å². The fourth-order valence-electron chi connectivity index (χ4n) is 2.48. The summed E-state index contributed by atoms with van der Waals surface area (Å²) in [5.41, 5.74) is 1.65. The van der Waals surface area contributed by atoms with Crippen LogP contribution in [-0.2, 0) is 19.0 Å². The van der Waals surface area contributed by atoms with E-state index in [0.717, 1.165) is 5.56 Å². The molecule has 1 atom stereocenters. The minimum Gasteiger partial charge on any atom is -0.508 e. The van der Waals surface area contributed by atoms with Gasteiger partial charge in [-0.2, -0.15) is 0 Å². The van der Waals surface area contributed by atoms with E-state index in [0.29, 0.717) is 12.2 Å². The van der Waals surface area contributed by atoms with Gasteiger partial charge in [-0.15, -0.1) is 0 Å². The molecular formula is C23H26O7. The van der Waals surface area contributed by atoms with Crippen molar-refractivity contribution in [2.75, 3.05) is 26.4 Å². The van der Waals surface area contributed by atoms with Gasteiger partial charge in [0.25, 0.3) is 0 Å². The molecule has 0 amide bonds. The third-order valence-corrected chi connectivity index (χ3v) is 3.88. The first kappa shape index (κ1) is 23.0. The number of hydrogen-bond donors (Lipinski definition) is 3. The van der Waals surface area contributed by atoms with Crippen LogP contribution < -0.4 is 0 Å². The summed E-state index contributed by atoms with van der Waals surface area (Å²) in [5, 5.41) is 28.0. The van der Waals surface area contributed by atoms with Crippen LogP contribution >= 0.6 is 0 Å². The summed E-state index contributed by atoms with van der Waals surface area (Å²) >= 11 is 0. The van der Waals surface area contributed by atoms with Gasteiger partial charge in [-0.3, -0.25) is 4.79 Å². The summed E-state index contributed by atoms with van der Waals surface area (Å²) in [5.74, 6) is -0.569. The Morgan fingerprint density at radius 3 is 2.00 bits per heavy atom. The SMILES string of the molecule is CC(=O)OC(COC/C=C/c1ccc(O)cc1)COC/C=C/c1ccc(O)c(O)c1. The summed E-state index contributed by atoms with van der Waals surface area (Å²) < 4.78 is 16.2. The van der Waals surface area contributed by atoms with E-state index in [1.54, 1.807) is 42.5 Å².